The van der Waals surface area contributed by atoms with E-state index in [0.29, 0.717) is 19.6 Å². The van der Waals surface area contributed by atoms with Gasteiger partial charge < -0.3 is 15.2 Å². The van der Waals surface area contributed by atoms with E-state index in [1.165, 1.54) is 6.33 Å². The van der Waals surface area contributed by atoms with Crippen LogP contribution >= 0.6 is 0 Å². The molecule has 1 aromatic rings. The van der Waals surface area contributed by atoms with Gasteiger partial charge in [-0.05, 0) is 6.42 Å². The lowest BCUT2D eigenvalue weighted by Crippen LogP contribution is -2.31. The molecule has 0 aliphatic carbocycles. The molecule has 6 heteroatoms. The highest BCUT2D eigenvalue weighted by atomic mass is 16.5. The monoisotopic (exact) mass is 242 g/mol. The van der Waals surface area contributed by atoms with Gasteiger partial charge in [-0.3, -0.25) is 4.68 Å². The highest BCUT2D eigenvalue weighted by Gasteiger charge is 2.10. The van der Waals surface area contributed by atoms with E-state index in [-0.39, 0.29) is 0 Å². The van der Waals surface area contributed by atoms with E-state index in [2.05, 4.69) is 22.3 Å². The van der Waals surface area contributed by atoms with Gasteiger partial charge in [0.15, 0.2) is 0 Å². The minimum Gasteiger partial charge on any atom is -0.391 e. The van der Waals surface area contributed by atoms with Crippen LogP contribution < -0.4 is 5.32 Å². The zero-order chi connectivity index (χ0) is 12.5. The first-order valence-electron chi connectivity index (χ1n) is 6.02. The Kier molecular flexibility index (Phi) is 6.76. The summed E-state index contributed by atoms with van der Waals surface area (Å²) in [5, 5.41) is 17.1. The first-order chi connectivity index (χ1) is 8.27. The third-order valence-electron chi connectivity index (χ3n) is 2.41. The van der Waals surface area contributed by atoms with Crippen LogP contribution in [0.4, 0.5) is 0 Å². The van der Waals surface area contributed by atoms with Gasteiger partial charge in [0.25, 0.3) is 0 Å². The molecule has 0 fully saturated rings. The van der Waals surface area contributed by atoms with Crippen molar-refractivity contribution in [2.24, 2.45) is 0 Å². The molecule has 0 aliphatic rings. The van der Waals surface area contributed by atoms with Crippen molar-refractivity contribution in [1.29, 1.82) is 0 Å². The normalized spacial score (nSPS) is 12.9. The molecule has 6 nitrogen and oxygen atoms in total. The fourth-order valence-electron chi connectivity index (χ4n) is 1.57. The maximum absolute atomic E-state index is 9.83. The molecule has 1 atom stereocenters. The number of nitrogens with zero attached hydrogens (tertiary/aromatic N) is 3. The second-order valence-electron chi connectivity index (χ2n) is 3.95. The molecular formula is C11H22N4O2. The molecule has 2 N–H and O–H groups in total. The van der Waals surface area contributed by atoms with Crippen LogP contribution in [0.1, 0.15) is 19.2 Å². The maximum Gasteiger partial charge on any atom is 0.138 e. The molecule has 1 heterocycles. The molecule has 0 radical (unpaired) electrons. The van der Waals surface area contributed by atoms with Crippen molar-refractivity contribution >= 4 is 0 Å². The summed E-state index contributed by atoms with van der Waals surface area (Å²) in [6, 6.07) is 0. The molecule has 98 valence electrons. The largest absolute Gasteiger partial charge is 0.391 e. The average molecular weight is 242 g/mol. The molecule has 17 heavy (non-hydrogen) atoms. The van der Waals surface area contributed by atoms with E-state index >= 15 is 0 Å². The van der Waals surface area contributed by atoms with Gasteiger partial charge in [-0.15, -0.1) is 0 Å². The summed E-state index contributed by atoms with van der Waals surface area (Å²) < 4.78 is 6.76. The van der Waals surface area contributed by atoms with E-state index in [4.69, 9.17) is 4.74 Å². The molecule has 0 saturated carbocycles. The van der Waals surface area contributed by atoms with Gasteiger partial charge in [0, 0.05) is 33.2 Å². The second kappa shape index (κ2) is 8.16. The summed E-state index contributed by atoms with van der Waals surface area (Å²) in [5.74, 6) is 0.841. The second-order valence-corrected chi connectivity index (χ2v) is 3.95. The number of rotatable bonds is 9. The van der Waals surface area contributed by atoms with Crippen LogP contribution in [-0.4, -0.2) is 52.8 Å². The summed E-state index contributed by atoms with van der Waals surface area (Å²) in [7, 11) is 1.66. The standard InChI is InChI=1S/C11H22N4O2/c1-3-5-15-11(13-9-14-15)7-10(16)8-12-4-6-17-2/h9-10,12,16H,3-8H2,1-2H3. The van der Waals surface area contributed by atoms with Gasteiger partial charge in [0.05, 0.1) is 12.7 Å². The third kappa shape index (κ3) is 5.25. The summed E-state index contributed by atoms with van der Waals surface area (Å²) in [6.07, 6.45) is 2.64. The summed E-state index contributed by atoms with van der Waals surface area (Å²) in [5.41, 5.74) is 0. The number of methoxy groups -OCH3 is 1. The molecule has 0 aromatic carbocycles. The fourth-order valence-corrected chi connectivity index (χ4v) is 1.57. The molecule has 1 aromatic heterocycles. The van der Waals surface area contributed by atoms with Crippen molar-refractivity contribution in [1.82, 2.24) is 20.1 Å². The Bertz CT molecular complexity index is 303. The lowest BCUT2D eigenvalue weighted by atomic mass is 10.2. The lowest BCUT2D eigenvalue weighted by molar-refractivity contribution is 0.157. The molecule has 1 rings (SSSR count). The number of ether oxygens (including phenoxy) is 1. The average Bonchev–Trinajstić information content (AvgIpc) is 2.73. The SMILES string of the molecule is CCCn1ncnc1CC(O)CNCCOC. The predicted octanol–water partition coefficient (Wildman–Crippen LogP) is -0.172. The van der Waals surface area contributed by atoms with Crippen LogP contribution in [-0.2, 0) is 17.7 Å². The number of aliphatic hydroxyl groups is 1. The Morgan fingerprint density at radius 3 is 3.12 bits per heavy atom. The van der Waals surface area contributed by atoms with Crippen molar-refractivity contribution < 1.29 is 9.84 Å². The van der Waals surface area contributed by atoms with Crippen LogP contribution in [0.25, 0.3) is 0 Å². The molecule has 0 aliphatic heterocycles. The van der Waals surface area contributed by atoms with Crippen LogP contribution in [0.3, 0.4) is 0 Å². The van der Waals surface area contributed by atoms with E-state index in [1.54, 1.807) is 7.11 Å². The Balaban J connectivity index is 2.29. The van der Waals surface area contributed by atoms with E-state index < -0.39 is 6.10 Å². The van der Waals surface area contributed by atoms with Crippen molar-refractivity contribution in [3.63, 3.8) is 0 Å². The number of hydrogen-bond donors (Lipinski definition) is 2. The number of nitrogens with one attached hydrogen (secondary N) is 1. The molecule has 1 unspecified atom stereocenters. The van der Waals surface area contributed by atoms with Crippen LogP contribution in [0.2, 0.25) is 0 Å². The first kappa shape index (κ1) is 14.1. The van der Waals surface area contributed by atoms with Gasteiger partial charge >= 0.3 is 0 Å². The number of aliphatic hydroxyl groups excluding tert-OH is 1. The molecular weight excluding hydrogens is 220 g/mol. The van der Waals surface area contributed by atoms with Gasteiger partial charge in [0.1, 0.15) is 12.2 Å². The van der Waals surface area contributed by atoms with Crippen LogP contribution in [0.5, 0.6) is 0 Å². The van der Waals surface area contributed by atoms with Gasteiger partial charge in [0.2, 0.25) is 0 Å². The van der Waals surface area contributed by atoms with Crippen LogP contribution in [0, 0.1) is 0 Å². The molecule has 0 bridgehead atoms. The number of aromatic nitrogens is 3. The topological polar surface area (TPSA) is 72.2 Å². The Labute approximate surface area is 102 Å². The molecule has 0 spiro atoms. The number of aryl methyl sites for hydroxylation is 1. The molecule has 0 amide bonds. The zero-order valence-corrected chi connectivity index (χ0v) is 10.6. The van der Waals surface area contributed by atoms with Crippen LogP contribution in [0.15, 0.2) is 6.33 Å². The third-order valence-corrected chi connectivity index (χ3v) is 2.41. The minimum absolute atomic E-state index is 0.438. The zero-order valence-electron chi connectivity index (χ0n) is 10.6. The Morgan fingerprint density at radius 2 is 2.41 bits per heavy atom. The van der Waals surface area contributed by atoms with Gasteiger partial charge in [-0.2, -0.15) is 5.10 Å². The van der Waals surface area contributed by atoms with E-state index in [9.17, 15) is 5.11 Å². The highest BCUT2D eigenvalue weighted by Crippen LogP contribution is 2.00. The smallest absolute Gasteiger partial charge is 0.138 e. The summed E-state index contributed by atoms with van der Waals surface area (Å²) in [4.78, 5) is 4.16. The minimum atomic E-state index is -0.438. The highest BCUT2D eigenvalue weighted by molar-refractivity contribution is 4.88. The Morgan fingerprint density at radius 1 is 1.59 bits per heavy atom. The van der Waals surface area contributed by atoms with Crippen molar-refractivity contribution in [3.05, 3.63) is 12.2 Å². The van der Waals surface area contributed by atoms with Gasteiger partial charge in [-0.1, -0.05) is 6.92 Å². The number of hydrogen-bond acceptors (Lipinski definition) is 5. The Hall–Kier alpha value is -0.980. The predicted molar refractivity (Wildman–Crippen MR) is 64.8 cm³/mol. The van der Waals surface area contributed by atoms with Crippen molar-refractivity contribution in [3.8, 4) is 0 Å². The lowest BCUT2D eigenvalue weighted by Gasteiger charge is -2.11. The van der Waals surface area contributed by atoms with Crippen molar-refractivity contribution in [2.45, 2.75) is 32.4 Å². The summed E-state index contributed by atoms with van der Waals surface area (Å²) >= 11 is 0. The van der Waals surface area contributed by atoms with Gasteiger partial charge in [-0.25, -0.2) is 4.98 Å². The first-order valence-corrected chi connectivity index (χ1v) is 6.02. The van der Waals surface area contributed by atoms with Crippen molar-refractivity contribution in [2.75, 3.05) is 26.8 Å². The van der Waals surface area contributed by atoms with E-state index in [1.807, 2.05) is 4.68 Å². The summed E-state index contributed by atoms with van der Waals surface area (Å²) in [6.45, 7) is 4.88. The quantitative estimate of drug-likeness (QED) is 0.588. The fraction of sp³-hybridized carbons (Fsp3) is 0.818. The maximum atomic E-state index is 9.83. The van der Waals surface area contributed by atoms with E-state index in [0.717, 1.165) is 25.3 Å². The molecule has 0 saturated heterocycles.